The van der Waals surface area contributed by atoms with Gasteiger partial charge in [-0.05, 0) is 18.6 Å². The normalized spacial score (nSPS) is 17.6. The van der Waals surface area contributed by atoms with E-state index in [1.165, 1.54) is 0 Å². The van der Waals surface area contributed by atoms with E-state index in [1.54, 1.807) is 0 Å². The Morgan fingerprint density at radius 3 is 2.69 bits per heavy atom. The fourth-order valence-corrected chi connectivity index (χ4v) is 1.78. The van der Waals surface area contributed by atoms with E-state index in [2.05, 4.69) is 15.2 Å². The van der Waals surface area contributed by atoms with Gasteiger partial charge in [-0.15, -0.1) is 0 Å². The number of benzene rings is 1. The largest absolute Gasteiger partial charge is 0.369 e. The van der Waals surface area contributed by atoms with Crippen molar-refractivity contribution in [2.45, 2.75) is 6.92 Å². The van der Waals surface area contributed by atoms with Crippen LogP contribution in [0.1, 0.15) is 5.56 Å². The summed E-state index contributed by atoms with van der Waals surface area (Å²) in [5, 5.41) is 3.29. The summed E-state index contributed by atoms with van der Waals surface area (Å²) in [4.78, 5) is 6.59. The van der Waals surface area contributed by atoms with Gasteiger partial charge in [0.2, 0.25) is 0 Å². The van der Waals surface area contributed by atoms with Crippen LogP contribution in [0, 0.1) is 6.92 Å². The highest BCUT2D eigenvalue weighted by Gasteiger charge is 2.11. The standard InChI is InChI=1S/C12H18N4/c1-10-4-2-3-5-11(10)15-12(13)16-8-6-14-7-9-16/h2-5,14H,6-9H2,1H3,(H2,13,15). The first-order valence-electron chi connectivity index (χ1n) is 5.63. The molecule has 0 amide bonds. The van der Waals surface area contributed by atoms with Gasteiger partial charge in [-0.2, -0.15) is 0 Å². The number of aliphatic imine (C=N–C) groups is 1. The highest BCUT2D eigenvalue weighted by atomic mass is 15.3. The quantitative estimate of drug-likeness (QED) is 0.542. The van der Waals surface area contributed by atoms with Crippen LogP contribution in [0.15, 0.2) is 29.3 Å². The molecule has 0 atom stereocenters. The lowest BCUT2D eigenvalue weighted by Crippen LogP contribution is -2.49. The van der Waals surface area contributed by atoms with Crippen molar-refractivity contribution >= 4 is 11.6 Å². The molecule has 86 valence electrons. The molecule has 1 aromatic carbocycles. The first kappa shape index (κ1) is 11.0. The van der Waals surface area contributed by atoms with Gasteiger partial charge in [0, 0.05) is 26.2 Å². The van der Waals surface area contributed by atoms with E-state index in [9.17, 15) is 0 Å². The molecule has 1 fully saturated rings. The van der Waals surface area contributed by atoms with Gasteiger partial charge in [0.05, 0.1) is 5.69 Å². The molecule has 0 bridgehead atoms. The van der Waals surface area contributed by atoms with Crippen molar-refractivity contribution in [3.8, 4) is 0 Å². The molecule has 0 spiro atoms. The van der Waals surface area contributed by atoms with E-state index >= 15 is 0 Å². The van der Waals surface area contributed by atoms with E-state index in [-0.39, 0.29) is 0 Å². The molecule has 1 heterocycles. The number of nitrogens with one attached hydrogen (secondary N) is 1. The summed E-state index contributed by atoms with van der Waals surface area (Å²) in [6.07, 6.45) is 0. The van der Waals surface area contributed by atoms with E-state index < -0.39 is 0 Å². The summed E-state index contributed by atoms with van der Waals surface area (Å²) < 4.78 is 0. The Morgan fingerprint density at radius 2 is 2.00 bits per heavy atom. The molecular weight excluding hydrogens is 200 g/mol. The number of nitrogens with zero attached hydrogens (tertiary/aromatic N) is 2. The molecule has 1 saturated heterocycles. The minimum atomic E-state index is 0.621. The molecule has 0 unspecified atom stereocenters. The molecule has 4 nitrogen and oxygen atoms in total. The molecule has 4 heteroatoms. The predicted octanol–water partition coefficient (Wildman–Crippen LogP) is 0.846. The zero-order valence-electron chi connectivity index (χ0n) is 9.61. The summed E-state index contributed by atoms with van der Waals surface area (Å²) in [6.45, 7) is 5.86. The number of hydrogen-bond donors (Lipinski definition) is 2. The van der Waals surface area contributed by atoms with Crippen LogP contribution in [0.25, 0.3) is 0 Å². The van der Waals surface area contributed by atoms with Crippen LogP contribution < -0.4 is 11.1 Å². The van der Waals surface area contributed by atoms with Crippen LogP contribution in [0.5, 0.6) is 0 Å². The van der Waals surface area contributed by atoms with Crippen LogP contribution in [-0.2, 0) is 0 Å². The van der Waals surface area contributed by atoms with Gasteiger partial charge < -0.3 is 16.0 Å². The van der Waals surface area contributed by atoms with Crippen molar-refractivity contribution in [2.75, 3.05) is 26.2 Å². The molecule has 0 aromatic heterocycles. The number of nitrogens with two attached hydrogens (primary N) is 1. The third-order valence-electron chi connectivity index (χ3n) is 2.79. The molecule has 2 rings (SSSR count). The molecule has 16 heavy (non-hydrogen) atoms. The fraction of sp³-hybridized carbons (Fsp3) is 0.417. The van der Waals surface area contributed by atoms with Crippen molar-refractivity contribution in [3.63, 3.8) is 0 Å². The minimum absolute atomic E-state index is 0.621. The van der Waals surface area contributed by atoms with Gasteiger partial charge >= 0.3 is 0 Å². The van der Waals surface area contributed by atoms with E-state index in [0.717, 1.165) is 37.4 Å². The highest BCUT2D eigenvalue weighted by Crippen LogP contribution is 2.17. The average Bonchev–Trinajstić information content (AvgIpc) is 2.33. The number of aryl methyl sites for hydroxylation is 1. The van der Waals surface area contributed by atoms with Gasteiger partial charge in [0.1, 0.15) is 0 Å². The van der Waals surface area contributed by atoms with Crippen molar-refractivity contribution in [1.82, 2.24) is 10.2 Å². The third-order valence-corrected chi connectivity index (χ3v) is 2.79. The lowest BCUT2D eigenvalue weighted by Gasteiger charge is -2.28. The predicted molar refractivity (Wildman–Crippen MR) is 66.9 cm³/mol. The van der Waals surface area contributed by atoms with Gasteiger partial charge in [0.15, 0.2) is 5.96 Å². The molecule has 1 aliphatic heterocycles. The molecule has 1 aromatic rings. The number of rotatable bonds is 1. The summed E-state index contributed by atoms with van der Waals surface area (Å²) >= 11 is 0. The Hall–Kier alpha value is -1.55. The maximum absolute atomic E-state index is 6.00. The van der Waals surface area contributed by atoms with Crippen molar-refractivity contribution in [2.24, 2.45) is 10.7 Å². The van der Waals surface area contributed by atoms with E-state index in [0.29, 0.717) is 5.96 Å². The SMILES string of the molecule is Cc1ccccc1N=C(N)N1CCNCC1. The Bertz CT molecular complexity index is 380. The van der Waals surface area contributed by atoms with E-state index in [4.69, 9.17) is 5.73 Å². The first-order chi connectivity index (χ1) is 7.77. The Kier molecular flexibility index (Phi) is 3.41. The van der Waals surface area contributed by atoms with Gasteiger partial charge in [-0.1, -0.05) is 18.2 Å². The topological polar surface area (TPSA) is 53.6 Å². The molecule has 0 saturated carbocycles. The Morgan fingerprint density at radius 1 is 1.31 bits per heavy atom. The zero-order valence-corrected chi connectivity index (χ0v) is 9.61. The van der Waals surface area contributed by atoms with Gasteiger partial charge in [-0.25, -0.2) is 4.99 Å². The second-order valence-corrected chi connectivity index (χ2v) is 3.99. The van der Waals surface area contributed by atoms with Crippen molar-refractivity contribution < 1.29 is 0 Å². The average molecular weight is 218 g/mol. The maximum atomic E-state index is 6.00. The summed E-state index contributed by atoms with van der Waals surface area (Å²) in [7, 11) is 0. The number of hydrogen-bond acceptors (Lipinski definition) is 2. The minimum Gasteiger partial charge on any atom is -0.369 e. The first-order valence-corrected chi connectivity index (χ1v) is 5.63. The second kappa shape index (κ2) is 4.99. The van der Waals surface area contributed by atoms with Crippen LogP contribution >= 0.6 is 0 Å². The van der Waals surface area contributed by atoms with Crippen LogP contribution in [-0.4, -0.2) is 37.0 Å². The lowest BCUT2D eigenvalue weighted by atomic mass is 10.2. The number of para-hydroxylation sites is 1. The Balaban J connectivity index is 2.13. The van der Waals surface area contributed by atoms with Crippen LogP contribution in [0.4, 0.5) is 5.69 Å². The molecule has 3 N–H and O–H groups in total. The summed E-state index contributed by atoms with van der Waals surface area (Å²) in [5.74, 6) is 0.621. The fourth-order valence-electron chi connectivity index (χ4n) is 1.78. The van der Waals surface area contributed by atoms with Crippen molar-refractivity contribution in [1.29, 1.82) is 0 Å². The maximum Gasteiger partial charge on any atom is 0.196 e. The monoisotopic (exact) mass is 218 g/mol. The Labute approximate surface area is 96.2 Å². The summed E-state index contributed by atoms with van der Waals surface area (Å²) in [6, 6.07) is 8.03. The molecule has 0 aliphatic carbocycles. The third kappa shape index (κ3) is 2.52. The molecular formula is C12H18N4. The van der Waals surface area contributed by atoms with Crippen molar-refractivity contribution in [3.05, 3.63) is 29.8 Å². The zero-order chi connectivity index (χ0) is 11.4. The number of guanidine groups is 1. The van der Waals surface area contributed by atoms with Gasteiger partial charge in [-0.3, -0.25) is 0 Å². The van der Waals surface area contributed by atoms with Gasteiger partial charge in [0.25, 0.3) is 0 Å². The lowest BCUT2D eigenvalue weighted by molar-refractivity contribution is 0.354. The van der Waals surface area contributed by atoms with E-state index in [1.807, 2.05) is 31.2 Å². The summed E-state index contributed by atoms with van der Waals surface area (Å²) in [5.41, 5.74) is 8.11. The van der Waals surface area contributed by atoms with Crippen LogP contribution in [0.2, 0.25) is 0 Å². The van der Waals surface area contributed by atoms with Crippen LogP contribution in [0.3, 0.4) is 0 Å². The smallest absolute Gasteiger partial charge is 0.196 e. The number of piperazine rings is 1. The second-order valence-electron chi connectivity index (χ2n) is 3.99. The molecule has 0 radical (unpaired) electrons. The highest BCUT2D eigenvalue weighted by molar-refractivity contribution is 5.81. The molecule has 1 aliphatic rings.